The Balaban J connectivity index is 2.21. The van der Waals surface area contributed by atoms with Gasteiger partial charge in [-0.15, -0.1) is 5.06 Å². The minimum Gasteiger partial charge on any atom is -0.383 e. The molecule has 7 nitrogen and oxygen atoms in total. The number of nitrogens with two attached hydrogens (primary N) is 1. The molecule has 1 aromatic rings. The van der Waals surface area contributed by atoms with Crippen molar-refractivity contribution in [3.8, 4) is 0 Å². The molecule has 0 spiro atoms. The van der Waals surface area contributed by atoms with Gasteiger partial charge in [-0.3, -0.25) is 4.79 Å². The van der Waals surface area contributed by atoms with Crippen molar-refractivity contribution in [2.75, 3.05) is 5.73 Å². The van der Waals surface area contributed by atoms with Gasteiger partial charge in [0.15, 0.2) is 6.23 Å². The molecule has 1 aliphatic rings. The van der Waals surface area contributed by atoms with Crippen molar-refractivity contribution in [3.05, 3.63) is 22.3 Å². The number of aromatic nitrogens is 1. The van der Waals surface area contributed by atoms with Gasteiger partial charge in [0.25, 0.3) is 5.91 Å². The van der Waals surface area contributed by atoms with E-state index in [9.17, 15) is 14.7 Å². The molecular formula is C11H12ClN3O4. The molecule has 1 amide bonds. The second kappa shape index (κ2) is 5.02. The lowest BCUT2D eigenvalue weighted by Crippen LogP contribution is -2.35. The maximum atomic E-state index is 11.9. The molecule has 102 valence electrons. The van der Waals surface area contributed by atoms with Crippen LogP contribution in [0.25, 0.3) is 0 Å². The quantitative estimate of drug-likeness (QED) is 0.772. The number of pyridine rings is 1. The zero-order chi connectivity index (χ0) is 14.2. The molecule has 0 saturated carbocycles. The number of rotatable bonds is 2. The van der Waals surface area contributed by atoms with E-state index in [1.807, 2.05) is 0 Å². The van der Waals surface area contributed by atoms with Gasteiger partial charge >= 0.3 is 5.97 Å². The predicted molar refractivity (Wildman–Crippen MR) is 65.9 cm³/mol. The van der Waals surface area contributed by atoms with Gasteiger partial charge in [0.2, 0.25) is 0 Å². The molecule has 0 aromatic carbocycles. The van der Waals surface area contributed by atoms with Crippen molar-refractivity contribution in [1.29, 1.82) is 0 Å². The number of nitrogens with zero attached hydrogens (tertiary/aromatic N) is 2. The molecule has 1 aromatic heterocycles. The zero-order valence-electron chi connectivity index (χ0n) is 10.1. The van der Waals surface area contributed by atoms with Gasteiger partial charge in [-0.25, -0.2) is 9.78 Å². The minimum atomic E-state index is -1.13. The number of nitrogen functional groups attached to an aromatic ring is 1. The normalized spacial score (nSPS) is 18.8. The summed E-state index contributed by atoms with van der Waals surface area (Å²) in [6, 6.07) is 1.42. The third kappa shape index (κ3) is 2.61. The lowest BCUT2D eigenvalue weighted by atomic mass is 10.2. The lowest BCUT2D eigenvalue weighted by molar-refractivity contribution is -0.191. The van der Waals surface area contributed by atoms with Gasteiger partial charge in [0.1, 0.15) is 16.5 Å². The number of hydroxylamine groups is 2. The molecule has 0 radical (unpaired) electrons. The molecule has 2 heterocycles. The van der Waals surface area contributed by atoms with E-state index in [1.54, 1.807) is 6.92 Å². The SMILES string of the molecule is Cc1cc(C(=O)ON2C(=O)CCC2O)c(N)nc1Cl. The van der Waals surface area contributed by atoms with Crippen LogP contribution in [0.1, 0.15) is 28.8 Å². The molecule has 19 heavy (non-hydrogen) atoms. The van der Waals surface area contributed by atoms with Crippen LogP contribution < -0.4 is 5.73 Å². The maximum absolute atomic E-state index is 11.9. The lowest BCUT2D eigenvalue weighted by Gasteiger charge is -2.19. The summed E-state index contributed by atoms with van der Waals surface area (Å²) in [6.07, 6.45) is -0.777. The van der Waals surface area contributed by atoms with E-state index in [1.165, 1.54) is 6.07 Å². The standard InChI is InChI=1S/C11H12ClN3O4/c1-5-4-6(10(13)14-9(5)12)11(18)19-15-7(16)2-3-8(15)17/h4,7,16H,2-3H2,1H3,(H2,13,14). The molecule has 1 saturated heterocycles. The summed E-state index contributed by atoms with van der Waals surface area (Å²) in [6.45, 7) is 1.65. The third-order valence-electron chi connectivity index (χ3n) is 2.71. The Hall–Kier alpha value is -1.86. The number of halogens is 1. The van der Waals surface area contributed by atoms with Crippen LogP contribution in [0.4, 0.5) is 5.82 Å². The van der Waals surface area contributed by atoms with Crippen molar-refractivity contribution in [2.24, 2.45) is 0 Å². The van der Waals surface area contributed by atoms with E-state index >= 15 is 0 Å². The van der Waals surface area contributed by atoms with Gasteiger partial charge < -0.3 is 15.7 Å². The van der Waals surface area contributed by atoms with Crippen LogP contribution in [0.15, 0.2) is 6.07 Å². The van der Waals surface area contributed by atoms with Crippen LogP contribution >= 0.6 is 11.6 Å². The molecule has 1 fully saturated rings. The van der Waals surface area contributed by atoms with Crippen molar-refractivity contribution in [2.45, 2.75) is 26.0 Å². The zero-order valence-corrected chi connectivity index (χ0v) is 10.8. The molecule has 3 N–H and O–H groups in total. The number of anilines is 1. The molecule has 0 bridgehead atoms. The van der Waals surface area contributed by atoms with Crippen molar-refractivity contribution >= 4 is 29.3 Å². The van der Waals surface area contributed by atoms with E-state index in [2.05, 4.69) is 4.98 Å². The Bertz CT molecular complexity index is 549. The number of aliphatic hydroxyl groups excluding tert-OH is 1. The summed E-state index contributed by atoms with van der Waals surface area (Å²) in [4.78, 5) is 31.9. The average molecular weight is 286 g/mol. The van der Waals surface area contributed by atoms with E-state index < -0.39 is 18.1 Å². The third-order valence-corrected chi connectivity index (χ3v) is 3.10. The molecular weight excluding hydrogens is 274 g/mol. The first-order valence-corrected chi connectivity index (χ1v) is 5.93. The number of aryl methyl sites for hydroxylation is 1. The largest absolute Gasteiger partial charge is 0.383 e. The summed E-state index contributed by atoms with van der Waals surface area (Å²) in [5.41, 5.74) is 6.12. The Morgan fingerprint density at radius 3 is 2.95 bits per heavy atom. The number of amides is 1. The van der Waals surface area contributed by atoms with Gasteiger partial charge in [0.05, 0.1) is 0 Å². The van der Waals surface area contributed by atoms with Crippen molar-refractivity contribution in [3.63, 3.8) is 0 Å². The number of hydrogen-bond acceptors (Lipinski definition) is 6. The second-order valence-corrected chi connectivity index (χ2v) is 4.50. The highest BCUT2D eigenvalue weighted by Gasteiger charge is 2.33. The van der Waals surface area contributed by atoms with E-state index in [-0.39, 0.29) is 29.4 Å². The molecule has 1 atom stereocenters. The van der Waals surface area contributed by atoms with Gasteiger partial charge in [-0.05, 0) is 18.6 Å². The molecule has 2 rings (SSSR count). The van der Waals surface area contributed by atoms with E-state index in [4.69, 9.17) is 22.2 Å². The monoisotopic (exact) mass is 285 g/mol. The van der Waals surface area contributed by atoms with Crippen molar-refractivity contribution in [1.82, 2.24) is 10.0 Å². The fourth-order valence-electron chi connectivity index (χ4n) is 1.66. The van der Waals surface area contributed by atoms with Gasteiger partial charge in [-0.2, -0.15) is 0 Å². The molecule has 8 heteroatoms. The van der Waals surface area contributed by atoms with Gasteiger partial charge in [-0.1, -0.05) is 11.6 Å². The van der Waals surface area contributed by atoms with E-state index in [0.29, 0.717) is 10.6 Å². The van der Waals surface area contributed by atoms with Crippen LogP contribution in [0.3, 0.4) is 0 Å². The highest BCUT2D eigenvalue weighted by atomic mass is 35.5. The first-order chi connectivity index (χ1) is 8.90. The number of hydrogen-bond donors (Lipinski definition) is 2. The summed E-state index contributed by atoms with van der Waals surface area (Å²) in [5, 5.41) is 10.3. The first-order valence-electron chi connectivity index (χ1n) is 5.55. The van der Waals surface area contributed by atoms with Crippen LogP contribution in [-0.4, -0.2) is 33.3 Å². The first kappa shape index (κ1) is 13.6. The Morgan fingerprint density at radius 2 is 2.37 bits per heavy atom. The van der Waals surface area contributed by atoms with Crippen LogP contribution in [0.5, 0.6) is 0 Å². The van der Waals surface area contributed by atoms with E-state index in [0.717, 1.165) is 0 Å². The van der Waals surface area contributed by atoms with Crippen LogP contribution in [-0.2, 0) is 9.63 Å². The average Bonchev–Trinajstić information content (AvgIpc) is 2.65. The highest BCUT2D eigenvalue weighted by Crippen LogP contribution is 2.22. The van der Waals surface area contributed by atoms with Crippen LogP contribution in [0.2, 0.25) is 5.15 Å². The Kier molecular flexibility index (Phi) is 3.59. The van der Waals surface area contributed by atoms with Gasteiger partial charge in [0, 0.05) is 12.8 Å². The smallest absolute Gasteiger partial charge is 0.367 e. The topological polar surface area (TPSA) is 106 Å². The summed E-state index contributed by atoms with van der Waals surface area (Å²) >= 11 is 5.76. The van der Waals surface area contributed by atoms with Crippen LogP contribution in [0, 0.1) is 6.92 Å². The molecule has 1 unspecified atom stereocenters. The summed E-state index contributed by atoms with van der Waals surface area (Å²) < 4.78 is 0. The Labute approximate surface area is 113 Å². The summed E-state index contributed by atoms with van der Waals surface area (Å²) in [7, 11) is 0. The number of carbonyl (C=O) groups is 2. The maximum Gasteiger partial charge on any atom is 0.367 e. The highest BCUT2D eigenvalue weighted by molar-refractivity contribution is 6.30. The van der Waals surface area contributed by atoms with Crippen molar-refractivity contribution < 1.29 is 19.5 Å². The molecule has 0 aliphatic carbocycles. The number of aliphatic hydroxyl groups is 1. The fraction of sp³-hybridized carbons (Fsp3) is 0.364. The fourth-order valence-corrected chi connectivity index (χ4v) is 1.81. The minimum absolute atomic E-state index is 0.00574. The number of carbonyl (C=O) groups excluding carboxylic acids is 2. The summed E-state index contributed by atoms with van der Waals surface area (Å²) in [5.74, 6) is -1.42. The predicted octanol–water partition coefficient (Wildman–Crippen LogP) is 0.638. The molecule has 1 aliphatic heterocycles. The Morgan fingerprint density at radius 1 is 1.68 bits per heavy atom. The second-order valence-electron chi connectivity index (χ2n) is 4.15.